The van der Waals surface area contributed by atoms with Gasteiger partial charge in [0.1, 0.15) is 10.9 Å². The molecule has 2 unspecified atom stereocenters. The van der Waals surface area contributed by atoms with Crippen molar-refractivity contribution in [2.45, 2.75) is 19.4 Å². The van der Waals surface area contributed by atoms with Crippen molar-refractivity contribution in [1.29, 1.82) is 0 Å². The van der Waals surface area contributed by atoms with Crippen LogP contribution in [0, 0.1) is 5.41 Å². The van der Waals surface area contributed by atoms with Gasteiger partial charge in [0.25, 0.3) is 0 Å². The Labute approximate surface area is 86.6 Å². The third kappa shape index (κ3) is 1.43. The van der Waals surface area contributed by atoms with E-state index in [0.29, 0.717) is 6.42 Å². The minimum atomic E-state index is -0.337. The molecule has 0 amide bonds. The number of carbonyl (C=O) groups is 1. The summed E-state index contributed by atoms with van der Waals surface area (Å²) in [5, 5.41) is 6.09. The molecule has 4 heteroatoms. The van der Waals surface area contributed by atoms with Crippen molar-refractivity contribution in [3.05, 3.63) is 12.7 Å². The molecular weight excluding hydrogens is 232 g/mol. The normalized spacial score (nSPS) is 33.0. The summed E-state index contributed by atoms with van der Waals surface area (Å²) < 4.78 is 0.789. The Balaban J connectivity index is 3.04. The summed E-state index contributed by atoms with van der Waals surface area (Å²) >= 11 is 3.38. The lowest BCUT2D eigenvalue weighted by molar-refractivity contribution is -0.109. The number of hydrogen-bond acceptors (Lipinski definition) is 3. The van der Waals surface area contributed by atoms with Crippen molar-refractivity contribution >= 4 is 26.8 Å². The first-order chi connectivity index (χ1) is 6.08. The summed E-state index contributed by atoms with van der Waals surface area (Å²) in [4.78, 5) is 10.6. The van der Waals surface area contributed by atoms with Gasteiger partial charge in [-0.3, -0.25) is 5.01 Å². The van der Waals surface area contributed by atoms with Gasteiger partial charge in [0.15, 0.2) is 0 Å². The van der Waals surface area contributed by atoms with Gasteiger partial charge in [-0.05, 0) is 22.9 Å². The summed E-state index contributed by atoms with van der Waals surface area (Å²) in [6, 6.07) is 0.171. The summed E-state index contributed by atoms with van der Waals surface area (Å²) in [5.41, 5.74) is -0.337. The predicted octanol–water partition coefficient (Wildman–Crippen LogP) is 1.79. The molecule has 0 aromatic heterocycles. The third-order valence-electron chi connectivity index (χ3n) is 2.72. The maximum absolute atomic E-state index is 10.6. The van der Waals surface area contributed by atoms with Gasteiger partial charge in [-0.25, -0.2) is 0 Å². The van der Waals surface area contributed by atoms with E-state index in [1.165, 1.54) is 0 Å². The minimum Gasteiger partial charge on any atom is -0.303 e. The standard InChI is InChI=1S/C9H13BrN2O/c1-4-9(5-6-13)7(2)12(3)11-8(9)10/h4,6-7H,1,5H2,2-3H3. The number of hydrogen-bond donors (Lipinski definition) is 0. The average Bonchev–Trinajstić information content (AvgIpc) is 2.31. The molecule has 0 radical (unpaired) electrons. The number of aldehydes is 1. The van der Waals surface area contributed by atoms with Gasteiger partial charge in [0, 0.05) is 13.5 Å². The Morgan fingerprint density at radius 2 is 2.46 bits per heavy atom. The zero-order valence-electron chi connectivity index (χ0n) is 7.83. The largest absolute Gasteiger partial charge is 0.303 e. The molecule has 0 saturated carbocycles. The van der Waals surface area contributed by atoms with Crippen LogP contribution >= 0.6 is 15.9 Å². The van der Waals surface area contributed by atoms with E-state index < -0.39 is 0 Å². The van der Waals surface area contributed by atoms with E-state index in [2.05, 4.69) is 27.6 Å². The maximum Gasteiger partial charge on any atom is 0.121 e. The molecule has 0 aromatic rings. The first-order valence-corrected chi connectivity index (χ1v) is 4.92. The van der Waals surface area contributed by atoms with Crippen LogP contribution in [0.5, 0.6) is 0 Å². The Morgan fingerprint density at radius 3 is 2.77 bits per heavy atom. The third-order valence-corrected chi connectivity index (χ3v) is 3.62. The summed E-state index contributed by atoms with van der Waals surface area (Å²) in [6.07, 6.45) is 3.13. The zero-order valence-corrected chi connectivity index (χ0v) is 9.41. The van der Waals surface area contributed by atoms with E-state index in [1.54, 1.807) is 6.08 Å². The summed E-state index contributed by atoms with van der Waals surface area (Å²) in [6.45, 7) is 5.80. The van der Waals surface area contributed by atoms with Gasteiger partial charge in [-0.15, -0.1) is 6.58 Å². The van der Waals surface area contributed by atoms with Crippen molar-refractivity contribution in [1.82, 2.24) is 5.01 Å². The Bertz CT molecular complexity index is 264. The zero-order chi connectivity index (χ0) is 10.1. The molecule has 0 fully saturated rings. The first-order valence-electron chi connectivity index (χ1n) is 4.13. The second-order valence-electron chi connectivity index (χ2n) is 3.26. The minimum absolute atomic E-state index is 0.171. The van der Waals surface area contributed by atoms with Crippen LogP contribution in [0.4, 0.5) is 0 Å². The van der Waals surface area contributed by atoms with Crippen LogP contribution in [0.25, 0.3) is 0 Å². The molecule has 1 aliphatic heterocycles. The maximum atomic E-state index is 10.6. The van der Waals surface area contributed by atoms with Crippen molar-refractivity contribution in [3.8, 4) is 0 Å². The summed E-state index contributed by atoms with van der Waals surface area (Å²) in [5.74, 6) is 0. The number of rotatable bonds is 3. The van der Waals surface area contributed by atoms with Crippen LogP contribution in [0.3, 0.4) is 0 Å². The fourth-order valence-electron chi connectivity index (χ4n) is 1.55. The number of carbonyl (C=O) groups excluding carboxylic acids is 1. The summed E-state index contributed by atoms with van der Waals surface area (Å²) in [7, 11) is 1.89. The molecule has 72 valence electrons. The van der Waals surface area contributed by atoms with Gasteiger partial charge in [0.05, 0.1) is 11.5 Å². The Morgan fingerprint density at radius 1 is 1.85 bits per heavy atom. The molecule has 0 saturated heterocycles. The fourth-order valence-corrected chi connectivity index (χ4v) is 2.46. The first kappa shape index (κ1) is 10.4. The molecule has 3 nitrogen and oxygen atoms in total. The van der Waals surface area contributed by atoms with Crippen LogP contribution in [0.2, 0.25) is 0 Å². The second kappa shape index (κ2) is 3.62. The highest BCUT2D eigenvalue weighted by Gasteiger charge is 2.44. The van der Waals surface area contributed by atoms with Crippen molar-refractivity contribution in [3.63, 3.8) is 0 Å². The van der Waals surface area contributed by atoms with E-state index >= 15 is 0 Å². The van der Waals surface area contributed by atoms with Crippen LogP contribution in [0.1, 0.15) is 13.3 Å². The fraction of sp³-hybridized carbons (Fsp3) is 0.556. The highest BCUT2D eigenvalue weighted by atomic mass is 79.9. The molecule has 0 bridgehead atoms. The average molecular weight is 245 g/mol. The molecule has 0 N–H and O–H groups in total. The smallest absolute Gasteiger partial charge is 0.121 e. The SMILES string of the molecule is C=CC1(CC=O)C(Br)=NN(C)C1C. The molecule has 1 heterocycles. The van der Waals surface area contributed by atoms with Gasteiger partial charge >= 0.3 is 0 Å². The number of hydrazone groups is 1. The van der Waals surface area contributed by atoms with E-state index in [9.17, 15) is 4.79 Å². The van der Waals surface area contributed by atoms with Gasteiger partial charge in [0.2, 0.25) is 0 Å². The molecule has 1 rings (SSSR count). The van der Waals surface area contributed by atoms with Crippen molar-refractivity contribution in [2.24, 2.45) is 10.5 Å². The van der Waals surface area contributed by atoms with Crippen LogP contribution in [-0.4, -0.2) is 29.0 Å². The monoisotopic (exact) mass is 244 g/mol. The highest BCUT2D eigenvalue weighted by Crippen LogP contribution is 2.39. The molecule has 1 aliphatic rings. The van der Waals surface area contributed by atoms with Crippen LogP contribution < -0.4 is 0 Å². The predicted molar refractivity (Wildman–Crippen MR) is 56.9 cm³/mol. The number of nitrogens with zero attached hydrogens (tertiary/aromatic N) is 2. The van der Waals surface area contributed by atoms with E-state index in [1.807, 2.05) is 19.0 Å². The molecular formula is C9H13BrN2O. The van der Waals surface area contributed by atoms with E-state index in [0.717, 1.165) is 10.9 Å². The van der Waals surface area contributed by atoms with Crippen molar-refractivity contribution < 1.29 is 4.79 Å². The molecule has 13 heavy (non-hydrogen) atoms. The van der Waals surface area contributed by atoms with Crippen LogP contribution in [-0.2, 0) is 4.79 Å². The number of halogens is 1. The van der Waals surface area contributed by atoms with Gasteiger partial charge < -0.3 is 4.79 Å². The highest BCUT2D eigenvalue weighted by molar-refractivity contribution is 9.18. The molecule has 2 atom stereocenters. The lowest BCUT2D eigenvalue weighted by atomic mass is 9.80. The van der Waals surface area contributed by atoms with Gasteiger partial charge in [-0.2, -0.15) is 5.10 Å². The van der Waals surface area contributed by atoms with E-state index in [4.69, 9.17) is 0 Å². The van der Waals surface area contributed by atoms with Gasteiger partial charge in [-0.1, -0.05) is 6.08 Å². The topological polar surface area (TPSA) is 32.7 Å². The lowest BCUT2D eigenvalue weighted by Gasteiger charge is -2.29. The molecule has 0 aromatic carbocycles. The molecule has 0 aliphatic carbocycles. The van der Waals surface area contributed by atoms with E-state index in [-0.39, 0.29) is 11.5 Å². The molecule has 0 spiro atoms. The van der Waals surface area contributed by atoms with Crippen molar-refractivity contribution in [2.75, 3.05) is 7.05 Å². The quantitative estimate of drug-likeness (QED) is 0.561. The van der Waals surface area contributed by atoms with Crippen LogP contribution in [0.15, 0.2) is 17.8 Å². The second-order valence-corrected chi connectivity index (χ2v) is 4.01. The lowest BCUT2D eigenvalue weighted by Crippen LogP contribution is -2.38. The Kier molecular flexibility index (Phi) is 2.91. The Hall–Kier alpha value is -0.640.